The Morgan fingerprint density at radius 1 is 1.11 bits per heavy atom. The predicted molar refractivity (Wildman–Crippen MR) is 111 cm³/mol. The molecule has 3 amide bonds. The minimum atomic E-state index is -0.307. The Bertz CT molecular complexity index is 901. The molecule has 0 spiro atoms. The normalized spacial score (nSPS) is 12.0. The second kappa shape index (κ2) is 9.34. The quantitative estimate of drug-likeness (QED) is 0.710. The van der Waals surface area contributed by atoms with Gasteiger partial charge in [-0.1, -0.05) is 12.1 Å². The van der Waals surface area contributed by atoms with Gasteiger partial charge in [0, 0.05) is 37.8 Å². The summed E-state index contributed by atoms with van der Waals surface area (Å²) in [6.45, 7) is 2.85. The van der Waals surface area contributed by atoms with Crippen LogP contribution in [0.25, 0.3) is 0 Å². The number of amides is 3. The van der Waals surface area contributed by atoms with Gasteiger partial charge >= 0.3 is 0 Å². The summed E-state index contributed by atoms with van der Waals surface area (Å²) in [5, 5.41) is 5.50. The molecule has 0 aromatic heterocycles. The summed E-state index contributed by atoms with van der Waals surface area (Å²) in [7, 11) is 0. The first-order valence-electron chi connectivity index (χ1n) is 8.81. The second-order valence-corrected chi connectivity index (χ2v) is 6.31. The molecular formula is C20H23ClN4O3. The first-order valence-corrected chi connectivity index (χ1v) is 8.81. The van der Waals surface area contributed by atoms with Crippen molar-refractivity contribution in [2.75, 3.05) is 29.9 Å². The zero-order valence-electron chi connectivity index (χ0n) is 15.5. The van der Waals surface area contributed by atoms with Crippen molar-refractivity contribution in [1.29, 1.82) is 0 Å². The molecule has 2 aromatic rings. The Kier molecular flexibility index (Phi) is 7.14. The average Bonchev–Trinajstić information content (AvgIpc) is 3.10. The predicted octanol–water partition coefficient (Wildman–Crippen LogP) is 1.96. The lowest BCUT2D eigenvalue weighted by molar-refractivity contribution is -0.116. The minimum absolute atomic E-state index is 0. The second-order valence-electron chi connectivity index (χ2n) is 6.31. The molecule has 0 atom stereocenters. The molecule has 0 aliphatic carbocycles. The van der Waals surface area contributed by atoms with Gasteiger partial charge in [-0.05, 0) is 42.3 Å². The third-order valence-corrected chi connectivity index (χ3v) is 4.47. The zero-order valence-corrected chi connectivity index (χ0v) is 16.3. The van der Waals surface area contributed by atoms with Gasteiger partial charge in [0.05, 0.1) is 11.3 Å². The number of para-hydroxylation sites is 1. The van der Waals surface area contributed by atoms with E-state index in [1.807, 2.05) is 0 Å². The number of carbonyl (C=O) groups is 3. The van der Waals surface area contributed by atoms with E-state index < -0.39 is 0 Å². The summed E-state index contributed by atoms with van der Waals surface area (Å²) in [6, 6.07) is 12.1. The SMILES string of the molecule is CC(=O)N1CCc2cc(C(=O)Nc3ccccc3C(=O)NCCN)ccc21.Cl. The molecule has 4 N–H and O–H groups in total. The highest BCUT2D eigenvalue weighted by atomic mass is 35.5. The lowest BCUT2D eigenvalue weighted by Gasteiger charge is -2.15. The minimum Gasteiger partial charge on any atom is -0.351 e. The van der Waals surface area contributed by atoms with Crippen molar-refractivity contribution in [1.82, 2.24) is 5.32 Å². The van der Waals surface area contributed by atoms with Crippen molar-refractivity contribution in [2.24, 2.45) is 5.73 Å². The summed E-state index contributed by atoms with van der Waals surface area (Å²) in [5.74, 6) is -0.607. The summed E-state index contributed by atoms with van der Waals surface area (Å²) >= 11 is 0. The summed E-state index contributed by atoms with van der Waals surface area (Å²) in [6.07, 6.45) is 0.716. The van der Waals surface area contributed by atoms with Gasteiger partial charge in [-0.15, -0.1) is 12.4 Å². The Morgan fingerprint density at radius 2 is 1.86 bits per heavy atom. The van der Waals surface area contributed by atoms with Gasteiger partial charge in [-0.3, -0.25) is 14.4 Å². The maximum absolute atomic E-state index is 12.7. The van der Waals surface area contributed by atoms with E-state index >= 15 is 0 Å². The van der Waals surface area contributed by atoms with Crippen LogP contribution in [0.5, 0.6) is 0 Å². The first kappa shape index (κ1) is 21.4. The average molecular weight is 403 g/mol. The molecule has 0 bridgehead atoms. The Hall–Kier alpha value is -2.90. The van der Waals surface area contributed by atoms with E-state index in [-0.39, 0.29) is 30.1 Å². The molecule has 1 aliphatic rings. The van der Waals surface area contributed by atoms with Crippen LogP contribution >= 0.6 is 12.4 Å². The molecule has 8 heteroatoms. The smallest absolute Gasteiger partial charge is 0.255 e. The number of nitrogens with two attached hydrogens (primary N) is 1. The summed E-state index contributed by atoms with van der Waals surface area (Å²) in [4.78, 5) is 38.3. The summed E-state index contributed by atoms with van der Waals surface area (Å²) in [5.41, 5.74) is 8.52. The standard InChI is InChI=1S/C20H22N4O3.ClH/c1-13(25)24-11-8-14-12-15(6-7-18(14)24)19(26)23-17-5-3-2-4-16(17)20(27)22-10-9-21;/h2-7,12H,8-11,21H2,1H3,(H,22,27)(H,23,26);1H. The maximum atomic E-state index is 12.7. The monoisotopic (exact) mass is 402 g/mol. The largest absolute Gasteiger partial charge is 0.351 e. The van der Waals surface area contributed by atoms with Crippen molar-refractivity contribution in [3.05, 3.63) is 59.2 Å². The molecule has 0 saturated carbocycles. The molecule has 1 heterocycles. The third-order valence-electron chi connectivity index (χ3n) is 4.47. The van der Waals surface area contributed by atoms with E-state index in [2.05, 4.69) is 10.6 Å². The Labute approximate surface area is 169 Å². The Balaban J connectivity index is 0.00000280. The molecule has 1 aliphatic heterocycles. The van der Waals surface area contributed by atoms with Gasteiger partial charge in [0.15, 0.2) is 0 Å². The molecule has 28 heavy (non-hydrogen) atoms. The molecule has 2 aromatic carbocycles. The van der Waals surface area contributed by atoms with Gasteiger partial charge in [0.2, 0.25) is 5.91 Å². The maximum Gasteiger partial charge on any atom is 0.255 e. The fraction of sp³-hybridized carbons (Fsp3) is 0.250. The highest BCUT2D eigenvalue weighted by Gasteiger charge is 2.23. The molecule has 0 radical (unpaired) electrons. The lowest BCUT2D eigenvalue weighted by atomic mass is 10.1. The van der Waals surface area contributed by atoms with Crippen LogP contribution < -0.4 is 21.3 Å². The molecule has 0 saturated heterocycles. The van der Waals surface area contributed by atoms with Crippen LogP contribution in [-0.2, 0) is 11.2 Å². The number of carbonyl (C=O) groups excluding carboxylic acids is 3. The lowest BCUT2D eigenvalue weighted by Crippen LogP contribution is -2.30. The van der Waals surface area contributed by atoms with Crippen molar-refractivity contribution < 1.29 is 14.4 Å². The fourth-order valence-corrected chi connectivity index (χ4v) is 3.14. The topological polar surface area (TPSA) is 105 Å². The molecular weight excluding hydrogens is 380 g/mol. The van der Waals surface area contributed by atoms with E-state index in [9.17, 15) is 14.4 Å². The van der Waals surface area contributed by atoms with E-state index in [0.717, 1.165) is 11.3 Å². The number of benzene rings is 2. The molecule has 7 nitrogen and oxygen atoms in total. The van der Waals surface area contributed by atoms with E-state index in [1.54, 1.807) is 47.4 Å². The van der Waals surface area contributed by atoms with E-state index in [4.69, 9.17) is 5.73 Å². The molecule has 0 fully saturated rings. The first-order chi connectivity index (χ1) is 13.0. The number of hydrogen-bond acceptors (Lipinski definition) is 4. The van der Waals surface area contributed by atoms with Gasteiger partial charge in [0.1, 0.15) is 0 Å². The highest BCUT2D eigenvalue weighted by molar-refractivity contribution is 6.09. The Morgan fingerprint density at radius 3 is 2.57 bits per heavy atom. The van der Waals surface area contributed by atoms with Crippen LogP contribution in [0.1, 0.15) is 33.2 Å². The number of nitrogens with one attached hydrogen (secondary N) is 2. The van der Waals surface area contributed by atoms with Gasteiger partial charge in [-0.2, -0.15) is 0 Å². The fourth-order valence-electron chi connectivity index (χ4n) is 3.14. The third kappa shape index (κ3) is 4.49. The van der Waals surface area contributed by atoms with E-state index in [1.165, 1.54) is 6.92 Å². The van der Waals surface area contributed by atoms with Crippen LogP contribution in [0.4, 0.5) is 11.4 Å². The van der Waals surface area contributed by atoms with Crippen molar-refractivity contribution in [3.63, 3.8) is 0 Å². The van der Waals surface area contributed by atoms with Crippen LogP contribution in [0.2, 0.25) is 0 Å². The molecule has 3 rings (SSSR count). The number of hydrogen-bond donors (Lipinski definition) is 3. The van der Waals surface area contributed by atoms with Crippen LogP contribution in [-0.4, -0.2) is 37.4 Å². The van der Waals surface area contributed by atoms with Crippen LogP contribution in [0.15, 0.2) is 42.5 Å². The van der Waals surface area contributed by atoms with Crippen LogP contribution in [0.3, 0.4) is 0 Å². The number of nitrogens with zero attached hydrogens (tertiary/aromatic N) is 1. The van der Waals surface area contributed by atoms with Crippen molar-refractivity contribution in [2.45, 2.75) is 13.3 Å². The molecule has 148 valence electrons. The number of rotatable bonds is 5. The molecule has 0 unspecified atom stereocenters. The number of anilines is 2. The number of halogens is 1. The summed E-state index contributed by atoms with van der Waals surface area (Å²) < 4.78 is 0. The number of fused-ring (bicyclic) bond motifs is 1. The van der Waals surface area contributed by atoms with Crippen molar-refractivity contribution in [3.8, 4) is 0 Å². The van der Waals surface area contributed by atoms with E-state index in [0.29, 0.717) is 42.9 Å². The van der Waals surface area contributed by atoms with Gasteiger partial charge in [-0.25, -0.2) is 0 Å². The zero-order chi connectivity index (χ0) is 19.4. The van der Waals surface area contributed by atoms with Gasteiger partial charge < -0.3 is 21.3 Å². The highest BCUT2D eigenvalue weighted by Crippen LogP contribution is 2.29. The van der Waals surface area contributed by atoms with Crippen molar-refractivity contribution >= 4 is 41.5 Å². The van der Waals surface area contributed by atoms with Gasteiger partial charge in [0.25, 0.3) is 11.8 Å². The van der Waals surface area contributed by atoms with Crippen LogP contribution in [0, 0.1) is 0 Å².